The fourth-order valence-electron chi connectivity index (χ4n) is 2.13. The summed E-state index contributed by atoms with van der Waals surface area (Å²) in [4.78, 5) is 12.2. The maximum absolute atomic E-state index is 14.1. The Hall–Kier alpha value is -0.470. The van der Waals surface area contributed by atoms with Crippen molar-refractivity contribution in [1.29, 1.82) is 0 Å². The third-order valence-corrected chi connectivity index (χ3v) is 4.45. The Bertz CT molecular complexity index is 548. The number of carbonyl (C=O) groups is 1. The van der Waals surface area contributed by atoms with E-state index in [1.165, 1.54) is 10.3 Å². The Morgan fingerprint density at radius 3 is 2.43 bits per heavy atom. The van der Waals surface area contributed by atoms with Gasteiger partial charge in [0.2, 0.25) is 0 Å². The van der Waals surface area contributed by atoms with E-state index in [-0.39, 0.29) is 11.1 Å². The van der Waals surface area contributed by atoms with Gasteiger partial charge in [-0.05, 0) is 29.6 Å². The summed E-state index contributed by atoms with van der Waals surface area (Å²) in [5.74, 6) is -0.326. The number of benzene rings is 1. The van der Waals surface area contributed by atoms with E-state index in [1.54, 1.807) is 31.2 Å². The van der Waals surface area contributed by atoms with E-state index in [0.717, 1.165) is 9.48 Å². The molecule has 1 fully saturated rings. The van der Waals surface area contributed by atoms with Crippen LogP contribution in [0.5, 0.6) is 0 Å². The summed E-state index contributed by atoms with van der Waals surface area (Å²) in [6.07, 6.45) is -0.735. The summed E-state index contributed by atoms with van der Waals surface area (Å²) >= 11 is 19.8. The zero-order chi connectivity index (χ0) is 15.7. The number of thiocarbonyl (C=S) groups is 1. The fraction of sp³-hybridized carbons (Fsp3) is 0.333. The van der Waals surface area contributed by atoms with E-state index in [9.17, 15) is 9.28 Å². The van der Waals surface area contributed by atoms with Crippen molar-refractivity contribution in [3.8, 4) is 0 Å². The van der Waals surface area contributed by atoms with Crippen molar-refractivity contribution in [3.63, 3.8) is 0 Å². The molecule has 9 heteroatoms. The lowest BCUT2D eigenvalue weighted by molar-refractivity contribution is -0.115. The van der Waals surface area contributed by atoms with Gasteiger partial charge in [-0.2, -0.15) is 0 Å². The molecule has 0 N–H and O–H groups in total. The Labute approximate surface area is 145 Å². The first-order valence-electron chi connectivity index (χ1n) is 5.95. The summed E-state index contributed by atoms with van der Waals surface area (Å²) in [5.41, 5.74) is 0.524. The minimum Gasteiger partial charge on any atom is -0.272 e. The molecule has 21 heavy (non-hydrogen) atoms. The van der Waals surface area contributed by atoms with Gasteiger partial charge in [-0.1, -0.05) is 68.0 Å². The fourth-order valence-corrected chi connectivity index (χ4v) is 2.92. The standard InChI is InChI=1S/C12H11BrCl2FN3OS/c1-7(6-21)10-17(9-4-2-8(13)3-5-9)12(20)19(16)18(10)11(14)15/h2-7,10-11H,1H3. The van der Waals surface area contributed by atoms with Crippen LogP contribution in [0.25, 0.3) is 0 Å². The summed E-state index contributed by atoms with van der Waals surface area (Å²) in [5, 5.41) is 2.32. The van der Waals surface area contributed by atoms with Gasteiger partial charge in [-0.25, -0.2) is 4.79 Å². The van der Waals surface area contributed by atoms with Gasteiger partial charge in [0, 0.05) is 16.1 Å². The van der Waals surface area contributed by atoms with Crippen LogP contribution in [0.1, 0.15) is 6.92 Å². The van der Waals surface area contributed by atoms with Crippen molar-refractivity contribution in [2.45, 2.75) is 18.0 Å². The molecule has 0 bridgehead atoms. The van der Waals surface area contributed by atoms with Crippen LogP contribution in [0.3, 0.4) is 0 Å². The van der Waals surface area contributed by atoms with Gasteiger partial charge in [-0.15, -0.1) is 5.01 Å². The smallest absolute Gasteiger partial charge is 0.272 e. The monoisotopic (exact) mass is 413 g/mol. The number of hydrogen-bond donors (Lipinski definition) is 0. The molecule has 4 nitrogen and oxygen atoms in total. The van der Waals surface area contributed by atoms with Gasteiger partial charge >= 0.3 is 6.03 Å². The van der Waals surface area contributed by atoms with Gasteiger partial charge in [0.05, 0.1) is 0 Å². The Kier molecular flexibility index (Phi) is 5.43. The van der Waals surface area contributed by atoms with E-state index < -0.39 is 17.2 Å². The van der Waals surface area contributed by atoms with Gasteiger partial charge < -0.3 is 0 Å². The molecule has 0 radical (unpaired) electrons. The number of rotatable bonds is 4. The number of amides is 2. The van der Waals surface area contributed by atoms with E-state index in [4.69, 9.17) is 35.4 Å². The number of anilines is 1. The lowest BCUT2D eigenvalue weighted by Crippen LogP contribution is -2.47. The van der Waals surface area contributed by atoms with Crippen LogP contribution in [-0.2, 0) is 0 Å². The molecule has 0 saturated carbocycles. The summed E-state index contributed by atoms with van der Waals surface area (Å²) in [6, 6.07) is 6.04. The first-order valence-corrected chi connectivity index (χ1v) is 8.08. The number of hydrogen-bond acceptors (Lipinski definition) is 3. The van der Waals surface area contributed by atoms with Crippen molar-refractivity contribution in [2.75, 3.05) is 4.90 Å². The zero-order valence-electron chi connectivity index (χ0n) is 10.8. The van der Waals surface area contributed by atoms with Crippen LogP contribution in [0.2, 0.25) is 0 Å². The third-order valence-electron chi connectivity index (χ3n) is 3.09. The molecule has 2 rings (SSSR count). The number of urea groups is 1. The molecule has 114 valence electrons. The molecule has 2 amide bonds. The number of carbonyl (C=O) groups excluding carboxylic acids is 1. The number of nitrogens with zero attached hydrogens (tertiary/aromatic N) is 3. The molecule has 0 aromatic heterocycles. The van der Waals surface area contributed by atoms with Gasteiger partial charge in [0.25, 0.3) is 0 Å². The first kappa shape index (κ1) is 16.9. The predicted octanol–water partition coefficient (Wildman–Crippen LogP) is 4.52. The third kappa shape index (κ3) is 3.17. The van der Waals surface area contributed by atoms with E-state index in [2.05, 4.69) is 15.9 Å². The van der Waals surface area contributed by atoms with E-state index >= 15 is 0 Å². The zero-order valence-corrected chi connectivity index (χ0v) is 14.7. The first-order chi connectivity index (χ1) is 9.88. The molecule has 1 aromatic rings. The maximum Gasteiger partial charge on any atom is 0.369 e. The number of halogens is 4. The molecule has 1 aliphatic rings. The normalized spacial score (nSPS) is 21.2. The minimum absolute atomic E-state index is 0.0767. The van der Waals surface area contributed by atoms with Crippen LogP contribution in [0, 0.1) is 5.92 Å². The lowest BCUT2D eigenvalue weighted by atomic mass is 10.1. The molecule has 1 aromatic carbocycles. The number of hydrazine groups is 1. The van der Waals surface area contributed by atoms with Crippen LogP contribution in [0.15, 0.2) is 28.7 Å². The topological polar surface area (TPSA) is 26.8 Å². The quantitative estimate of drug-likeness (QED) is 0.313. The second kappa shape index (κ2) is 6.75. The molecule has 1 heterocycles. The van der Waals surface area contributed by atoms with Crippen LogP contribution in [0.4, 0.5) is 15.0 Å². The molecule has 2 unspecified atom stereocenters. The van der Waals surface area contributed by atoms with Crippen molar-refractivity contribution >= 4 is 68.4 Å². The van der Waals surface area contributed by atoms with Crippen LogP contribution < -0.4 is 4.90 Å². The van der Waals surface area contributed by atoms with Gasteiger partial charge in [0.15, 0.2) is 4.96 Å². The highest BCUT2D eigenvalue weighted by molar-refractivity contribution is 9.10. The SMILES string of the molecule is CC(C=S)C1N(c2ccc(Br)cc2)C(=O)N(F)N1C(Cl)Cl. The molecule has 0 aliphatic carbocycles. The van der Waals surface area contributed by atoms with E-state index in [0.29, 0.717) is 5.69 Å². The molecular formula is C12H11BrCl2FN3OS. The summed E-state index contributed by atoms with van der Waals surface area (Å²) < 4.78 is 15.0. The lowest BCUT2D eigenvalue weighted by Gasteiger charge is -2.31. The average molecular weight is 415 g/mol. The highest BCUT2D eigenvalue weighted by Crippen LogP contribution is 2.35. The van der Waals surface area contributed by atoms with E-state index in [1.807, 2.05) is 0 Å². The average Bonchev–Trinajstić information content (AvgIpc) is 2.72. The van der Waals surface area contributed by atoms with Crippen LogP contribution in [-0.4, -0.2) is 32.8 Å². The Morgan fingerprint density at radius 1 is 1.38 bits per heavy atom. The largest absolute Gasteiger partial charge is 0.369 e. The second-order valence-electron chi connectivity index (χ2n) is 4.46. The molecule has 0 spiro atoms. The molecular weight excluding hydrogens is 404 g/mol. The maximum atomic E-state index is 14.1. The summed E-state index contributed by atoms with van der Waals surface area (Å²) in [7, 11) is 0. The molecule has 1 saturated heterocycles. The van der Waals surface area contributed by atoms with Crippen molar-refractivity contribution in [3.05, 3.63) is 28.7 Å². The van der Waals surface area contributed by atoms with Crippen molar-refractivity contribution in [2.24, 2.45) is 5.92 Å². The Morgan fingerprint density at radius 2 is 1.95 bits per heavy atom. The van der Waals surface area contributed by atoms with Gasteiger partial charge in [0.1, 0.15) is 6.17 Å². The number of alkyl halides is 2. The van der Waals surface area contributed by atoms with Gasteiger partial charge in [-0.3, -0.25) is 4.90 Å². The molecule has 2 atom stereocenters. The molecule has 1 aliphatic heterocycles. The van der Waals surface area contributed by atoms with Crippen molar-refractivity contribution in [1.82, 2.24) is 10.2 Å². The van der Waals surface area contributed by atoms with Crippen LogP contribution >= 0.6 is 51.3 Å². The van der Waals surface area contributed by atoms with Crippen molar-refractivity contribution < 1.29 is 9.28 Å². The minimum atomic E-state index is -1.22. The highest BCUT2D eigenvalue weighted by Gasteiger charge is 2.50. The predicted molar refractivity (Wildman–Crippen MR) is 88.9 cm³/mol. The Balaban J connectivity index is 2.47. The second-order valence-corrected chi connectivity index (χ2v) is 6.69. The summed E-state index contributed by atoms with van der Waals surface area (Å²) in [6.45, 7) is 1.76. The highest BCUT2D eigenvalue weighted by atomic mass is 79.9.